The van der Waals surface area contributed by atoms with Crippen LogP contribution in [0.2, 0.25) is 0 Å². The van der Waals surface area contributed by atoms with Gasteiger partial charge in [-0.3, -0.25) is 0 Å². The molecule has 0 saturated heterocycles. The lowest BCUT2D eigenvalue weighted by Crippen LogP contribution is -2.30. The summed E-state index contributed by atoms with van der Waals surface area (Å²) in [6.07, 6.45) is 3.88. The second-order valence-corrected chi connectivity index (χ2v) is 6.26. The molecule has 0 aliphatic rings. The predicted octanol–water partition coefficient (Wildman–Crippen LogP) is 4.10. The van der Waals surface area contributed by atoms with Gasteiger partial charge in [0.2, 0.25) is 0 Å². The van der Waals surface area contributed by atoms with Gasteiger partial charge in [-0.2, -0.15) is 5.10 Å². The first kappa shape index (κ1) is 17.9. The van der Waals surface area contributed by atoms with Gasteiger partial charge in [-0.25, -0.2) is 4.68 Å². The van der Waals surface area contributed by atoms with Gasteiger partial charge < -0.3 is 15.0 Å². The molecule has 1 heterocycles. The Hall–Kier alpha value is -2.86. The highest BCUT2D eigenvalue weighted by molar-refractivity contribution is 7.80. The van der Waals surface area contributed by atoms with Gasteiger partial charge >= 0.3 is 0 Å². The normalized spacial score (nSPS) is 10.4. The molecule has 5 nitrogen and oxygen atoms in total. The van der Waals surface area contributed by atoms with Crippen LogP contribution in [0.4, 0.5) is 5.69 Å². The fraction of sp³-hybridized carbons (Fsp3) is 0.200. The van der Waals surface area contributed by atoms with E-state index < -0.39 is 0 Å². The van der Waals surface area contributed by atoms with Crippen molar-refractivity contribution in [3.05, 3.63) is 72.6 Å². The summed E-state index contributed by atoms with van der Waals surface area (Å²) in [6, 6.07) is 17.8. The van der Waals surface area contributed by atoms with Crippen LogP contribution in [-0.4, -0.2) is 33.4 Å². The number of nitrogens with one attached hydrogen (secondary N) is 1. The lowest BCUT2D eigenvalue weighted by atomic mass is 10.3. The second-order valence-electron chi connectivity index (χ2n) is 5.87. The average molecular weight is 366 g/mol. The molecule has 3 rings (SSSR count). The average Bonchev–Trinajstić information content (AvgIpc) is 3.13. The van der Waals surface area contributed by atoms with Crippen molar-refractivity contribution < 1.29 is 4.74 Å². The summed E-state index contributed by atoms with van der Waals surface area (Å²) in [6.45, 7) is 3.30. The number of nitrogens with zero attached hydrogens (tertiary/aromatic N) is 3. The zero-order chi connectivity index (χ0) is 18.4. The summed E-state index contributed by atoms with van der Waals surface area (Å²) in [5, 5.41) is 8.32. The molecule has 0 unspecified atom stereocenters. The van der Waals surface area contributed by atoms with Gasteiger partial charge in [-0.05, 0) is 55.5 Å². The van der Waals surface area contributed by atoms with Gasteiger partial charge in [-0.1, -0.05) is 18.2 Å². The van der Waals surface area contributed by atoms with E-state index in [9.17, 15) is 0 Å². The van der Waals surface area contributed by atoms with Crippen LogP contribution in [0.1, 0.15) is 12.5 Å². The summed E-state index contributed by atoms with van der Waals surface area (Å²) >= 11 is 5.50. The van der Waals surface area contributed by atoms with E-state index in [1.54, 1.807) is 0 Å². The molecule has 0 spiro atoms. The van der Waals surface area contributed by atoms with E-state index in [1.807, 2.05) is 90.5 Å². The van der Waals surface area contributed by atoms with Crippen molar-refractivity contribution in [3.63, 3.8) is 0 Å². The van der Waals surface area contributed by atoms with E-state index in [1.165, 1.54) is 0 Å². The van der Waals surface area contributed by atoms with Crippen LogP contribution in [0.25, 0.3) is 5.69 Å². The highest BCUT2D eigenvalue weighted by Crippen LogP contribution is 2.16. The molecule has 1 N–H and O–H groups in total. The Morgan fingerprint density at radius 1 is 1.15 bits per heavy atom. The van der Waals surface area contributed by atoms with Crippen molar-refractivity contribution in [2.75, 3.05) is 19.0 Å². The Labute approximate surface area is 159 Å². The van der Waals surface area contributed by atoms with Crippen molar-refractivity contribution >= 4 is 23.0 Å². The molecular weight excluding hydrogens is 344 g/mol. The Bertz CT molecular complexity index is 846. The van der Waals surface area contributed by atoms with E-state index in [2.05, 4.69) is 10.4 Å². The summed E-state index contributed by atoms with van der Waals surface area (Å²) in [5.74, 6) is 0.852. The standard InChI is InChI=1S/C20H22N4OS/c1-3-25-19-11-9-17(10-12-19)22-20(26)23(2)14-16-13-21-24(15-16)18-7-5-4-6-8-18/h4-13,15H,3,14H2,1-2H3,(H,22,26). The molecule has 0 radical (unpaired) electrons. The SMILES string of the molecule is CCOc1ccc(NC(=S)N(C)Cc2cnn(-c3ccccc3)c2)cc1. The van der Waals surface area contributed by atoms with Crippen LogP contribution in [-0.2, 0) is 6.54 Å². The van der Waals surface area contributed by atoms with Gasteiger partial charge in [-0.15, -0.1) is 0 Å². The third-order valence-corrected chi connectivity index (χ3v) is 4.25. The molecule has 0 saturated carbocycles. The molecule has 6 heteroatoms. The van der Waals surface area contributed by atoms with Gasteiger partial charge in [0, 0.05) is 31.0 Å². The number of para-hydroxylation sites is 1. The monoisotopic (exact) mass is 366 g/mol. The zero-order valence-corrected chi connectivity index (χ0v) is 15.7. The highest BCUT2D eigenvalue weighted by atomic mass is 32.1. The van der Waals surface area contributed by atoms with Gasteiger partial charge in [0.1, 0.15) is 5.75 Å². The van der Waals surface area contributed by atoms with Crippen molar-refractivity contribution in [1.82, 2.24) is 14.7 Å². The molecule has 134 valence electrons. The molecule has 0 amide bonds. The summed E-state index contributed by atoms with van der Waals surface area (Å²) in [7, 11) is 1.96. The topological polar surface area (TPSA) is 42.3 Å². The van der Waals surface area contributed by atoms with E-state index in [-0.39, 0.29) is 0 Å². The molecule has 0 aliphatic carbocycles. The molecular formula is C20H22N4OS. The van der Waals surface area contributed by atoms with Gasteiger partial charge in [0.05, 0.1) is 18.5 Å². The first-order valence-electron chi connectivity index (χ1n) is 8.49. The van der Waals surface area contributed by atoms with E-state index in [4.69, 9.17) is 17.0 Å². The van der Waals surface area contributed by atoms with E-state index >= 15 is 0 Å². The van der Waals surface area contributed by atoms with E-state index in [0.29, 0.717) is 18.3 Å². The number of thiocarbonyl (C=S) groups is 1. The van der Waals surface area contributed by atoms with Crippen LogP contribution in [0.3, 0.4) is 0 Å². The molecule has 0 fully saturated rings. The minimum absolute atomic E-state index is 0.654. The zero-order valence-electron chi connectivity index (χ0n) is 14.9. The number of rotatable bonds is 6. The largest absolute Gasteiger partial charge is 0.494 e. The van der Waals surface area contributed by atoms with Gasteiger partial charge in [0.25, 0.3) is 0 Å². The maximum Gasteiger partial charge on any atom is 0.173 e. The summed E-state index contributed by atoms with van der Waals surface area (Å²) in [4.78, 5) is 1.98. The minimum atomic E-state index is 0.654. The van der Waals surface area contributed by atoms with Crippen molar-refractivity contribution in [2.24, 2.45) is 0 Å². The first-order valence-corrected chi connectivity index (χ1v) is 8.90. The molecule has 0 aliphatic heterocycles. The Morgan fingerprint density at radius 3 is 2.58 bits per heavy atom. The summed E-state index contributed by atoms with van der Waals surface area (Å²) < 4.78 is 7.32. The van der Waals surface area contributed by atoms with Crippen LogP contribution in [0.5, 0.6) is 5.75 Å². The van der Waals surface area contributed by atoms with Gasteiger partial charge in [0.15, 0.2) is 5.11 Å². The van der Waals surface area contributed by atoms with Crippen molar-refractivity contribution in [3.8, 4) is 11.4 Å². The van der Waals surface area contributed by atoms with Crippen LogP contribution < -0.4 is 10.1 Å². The minimum Gasteiger partial charge on any atom is -0.494 e. The number of hydrogen-bond donors (Lipinski definition) is 1. The Kier molecular flexibility index (Phi) is 5.86. The van der Waals surface area contributed by atoms with E-state index in [0.717, 1.165) is 22.7 Å². The third kappa shape index (κ3) is 4.61. The summed E-state index contributed by atoms with van der Waals surface area (Å²) in [5.41, 5.74) is 3.06. The number of aromatic nitrogens is 2. The number of hydrogen-bond acceptors (Lipinski definition) is 3. The quantitative estimate of drug-likeness (QED) is 0.665. The second kappa shape index (κ2) is 8.49. The fourth-order valence-electron chi connectivity index (χ4n) is 2.53. The van der Waals surface area contributed by atoms with Crippen LogP contribution >= 0.6 is 12.2 Å². The number of anilines is 1. The lowest BCUT2D eigenvalue weighted by molar-refractivity contribution is 0.340. The molecule has 2 aromatic carbocycles. The third-order valence-electron chi connectivity index (χ3n) is 3.84. The van der Waals surface area contributed by atoms with Crippen LogP contribution in [0, 0.1) is 0 Å². The fourth-order valence-corrected chi connectivity index (χ4v) is 2.71. The van der Waals surface area contributed by atoms with Crippen molar-refractivity contribution in [1.29, 1.82) is 0 Å². The smallest absolute Gasteiger partial charge is 0.173 e. The molecule has 0 bridgehead atoms. The number of benzene rings is 2. The predicted molar refractivity (Wildman–Crippen MR) is 109 cm³/mol. The highest BCUT2D eigenvalue weighted by Gasteiger charge is 2.08. The Morgan fingerprint density at radius 2 is 1.88 bits per heavy atom. The molecule has 0 atom stereocenters. The lowest BCUT2D eigenvalue weighted by Gasteiger charge is -2.20. The molecule has 3 aromatic rings. The maximum absolute atomic E-state index is 5.50. The first-order chi connectivity index (χ1) is 12.7. The Balaban J connectivity index is 1.58. The van der Waals surface area contributed by atoms with Crippen LogP contribution in [0.15, 0.2) is 67.0 Å². The molecule has 26 heavy (non-hydrogen) atoms. The van der Waals surface area contributed by atoms with Crippen molar-refractivity contribution in [2.45, 2.75) is 13.5 Å². The number of ether oxygens (including phenoxy) is 1. The molecule has 1 aromatic heterocycles. The maximum atomic E-state index is 5.50.